The number of carbonyl (C=O) groups excluding carboxylic acids is 1. The smallest absolute Gasteiger partial charge is 0.261 e. The van der Waals surface area contributed by atoms with Gasteiger partial charge in [-0.05, 0) is 61.3 Å². The second-order valence-electron chi connectivity index (χ2n) is 9.14. The van der Waals surface area contributed by atoms with Crippen LogP contribution in [0.4, 0.5) is 0 Å². The van der Waals surface area contributed by atoms with E-state index in [0.29, 0.717) is 24.5 Å². The first-order valence-electron chi connectivity index (χ1n) is 12.3. The predicted octanol–water partition coefficient (Wildman–Crippen LogP) is 3.04. The van der Waals surface area contributed by atoms with Crippen LogP contribution in [0.5, 0.6) is 5.88 Å². The Morgan fingerprint density at radius 3 is 2.83 bits per heavy atom. The van der Waals surface area contributed by atoms with Crippen molar-refractivity contribution in [1.82, 2.24) is 39.9 Å². The molecule has 1 saturated heterocycles. The van der Waals surface area contributed by atoms with Gasteiger partial charge in [0, 0.05) is 31.7 Å². The molecular formula is C25H28N8O2. The second-order valence-corrected chi connectivity index (χ2v) is 9.14. The monoisotopic (exact) mass is 472 g/mol. The van der Waals surface area contributed by atoms with E-state index >= 15 is 0 Å². The molecule has 0 bridgehead atoms. The van der Waals surface area contributed by atoms with E-state index in [1.807, 2.05) is 35.2 Å². The van der Waals surface area contributed by atoms with Gasteiger partial charge < -0.3 is 19.6 Å². The third-order valence-corrected chi connectivity index (χ3v) is 6.88. The van der Waals surface area contributed by atoms with Crippen molar-refractivity contribution in [2.75, 3.05) is 32.7 Å². The molecule has 1 amide bonds. The minimum absolute atomic E-state index is 0.240. The van der Waals surface area contributed by atoms with Crippen LogP contribution in [-0.4, -0.2) is 78.5 Å². The number of amides is 1. The molecule has 5 heterocycles. The van der Waals surface area contributed by atoms with Crippen molar-refractivity contribution in [3.05, 3.63) is 48.4 Å². The van der Waals surface area contributed by atoms with Crippen molar-refractivity contribution in [3.63, 3.8) is 0 Å². The standard InChI is InChI=1S/C25H28N8O2/c34-23(10-13-31-11-4-1-5-12-31)32-14-8-18(9-15-32)21-16-19-24(28-21)26-17-27-25(19)35-33-22-7-3-2-6-20(22)29-30-33/h2-3,6-8,16-17H,1,4-5,9-15H2,(H,26,27,28). The second kappa shape index (κ2) is 9.46. The number of aromatic nitrogens is 6. The van der Waals surface area contributed by atoms with Gasteiger partial charge in [-0.15, -0.1) is 5.10 Å². The van der Waals surface area contributed by atoms with Gasteiger partial charge in [0.25, 0.3) is 5.88 Å². The summed E-state index contributed by atoms with van der Waals surface area (Å²) in [5, 5.41) is 8.98. The molecule has 180 valence electrons. The average Bonchev–Trinajstić information content (AvgIpc) is 3.53. The third-order valence-electron chi connectivity index (χ3n) is 6.88. The molecule has 2 aliphatic heterocycles. The maximum absolute atomic E-state index is 12.7. The fourth-order valence-corrected chi connectivity index (χ4v) is 4.89. The summed E-state index contributed by atoms with van der Waals surface area (Å²) >= 11 is 0. The third kappa shape index (κ3) is 4.49. The molecule has 1 aromatic carbocycles. The van der Waals surface area contributed by atoms with Crippen LogP contribution < -0.4 is 4.84 Å². The largest absolute Gasteiger partial charge is 0.339 e. The van der Waals surface area contributed by atoms with Gasteiger partial charge in [0.05, 0.1) is 5.39 Å². The van der Waals surface area contributed by atoms with Crippen LogP contribution in [0.1, 0.15) is 37.8 Å². The molecule has 2 aliphatic rings. The topological polar surface area (TPSA) is 105 Å². The number of likely N-dealkylation sites (tertiary alicyclic amines) is 1. The Kier molecular flexibility index (Phi) is 5.87. The number of hydrogen-bond acceptors (Lipinski definition) is 7. The summed E-state index contributed by atoms with van der Waals surface area (Å²) in [7, 11) is 0. The predicted molar refractivity (Wildman–Crippen MR) is 132 cm³/mol. The number of rotatable bonds is 6. The zero-order valence-electron chi connectivity index (χ0n) is 19.6. The van der Waals surface area contributed by atoms with Crippen LogP contribution >= 0.6 is 0 Å². The van der Waals surface area contributed by atoms with E-state index in [4.69, 9.17) is 4.84 Å². The van der Waals surface area contributed by atoms with Crippen LogP contribution in [0, 0.1) is 0 Å². The van der Waals surface area contributed by atoms with E-state index < -0.39 is 0 Å². The molecular weight excluding hydrogens is 444 g/mol. The lowest BCUT2D eigenvalue weighted by atomic mass is 10.0. The van der Waals surface area contributed by atoms with E-state index in [2.05, 4.69) is 36.2 Å². The number of hydrogen-bond donors (Lipinski definition) is 1. The van der Waals surface area contributed by atoms with Gasteiger partial charge in [0.2, 0.25) is 5.91 Å². The van der Waals surface area contributed by atoms with Crippen LogP contribution in [-0.2, 0) is 4.79 Å². The highest BCUT2D eigenvalue weighted by Gasteiger charge is 2.21. The van der Waals surface area contributed by atoms with Gasteiger partial charge in [-0.25, -0.2) is 4.98 Å². The molecule has 0 spiro atoms. The van der Waals surface area contributed by atoms with Gasteiger partial charge in [-0.2, -0.15) is 4.98 Å². The summed E-state index contributed by atoms with van der Waals surface area (Å²) in [6.07, 6.45) is 8.81. The number of benzene rings is 1. The molecule has 0 atom stereocenters. The van der Waals surface area contributed by atoms with Gasteiger partial charge in [-0.1, -0.05) is 29.5 Å². The number of fused-ring (bicyclic) bond motifs is 2. The fourth-order valence-electron chi connectivity index (χ4n) is 4.89. The number of nitrogens with zero attached hydrogens (tertiary/aromatic N) is 7. The lowest BCUT2D eigenvalue weighted by Gasteiger charge is -2.29. The van der Waals surface area contributed by atoms with Crippen LogP contribution in [0.3, 0.4) is 0 Å². The lowest BCUT2D eigenvalue weighted by Crippen LogP contribution is -2.38. The SMILES string of the molecule is O=C(CCN1CCCCC1)N1CC=C(c2cc3c(On4nnc5ccccc54)ncnc3[nH]2)CC1. The molecule has 0 unspecified atom stereocenters. The van der Waals surface area contributed by atoms with Gasteiger partial charge >= 0.3 is 0 Å². The molecule has 10 heteroatoms. The Balaban J connectivity index is 1.15. The number of nitrogens with one attached hydrogen (secondary N) is 1. The molecule has 4 aromatic rings. The summed E-state index contributed by atoms with van der Waals surface area (Å²) in [4.78, 5) is 36.5. The Morgan fingerprint density at radius 2 is 1.97 bits per heavy atom. The minimum atomic E-state index is 0.240. The Labute approximate surface area is 202 Å². The van der Waals surface area contributed by atoms with Crippen molar-refractivity contribution < 1.29 is 9.63 Å². The Morgan fingerprint density at radius 1 is 1.09 bits per heavy atom. The highest BCUT2D eigenvalue weighted by atomic mass is 16.7. The number of aromatic amines is 1. The van der Waals surface area contributed by atoms with Crippen molar-refractivity contribution in [3.8, 4) is 5.88 Å². The molecule has 1 N–H and O–H groups in total. The first kappa shape index (κ1) is 21.7. The zero-order chi connectivity index (χ0) is 23.6. The van der Waals surface area contributed by atoms with Crippen molar-refractivity contribution in [1.29, 1.82) is 0 Å². The number of para-hydroxylation sites is 1. The Hall–Kier alpha value is -3.79. The lowest BCUT2D eigenvalue weighted by molar-refractivity contribution is -0.131. The van der Waals surface area contributed by atoms with Crippen molar-refractivity contribution >= 4 is 33.5 Å². The van der Waals surface area contributed by atoms with Crippen molar-refractivity contribution in [2.45, 2.75) is 32.1 Å². The van der Waals surface area contributed by atoms with Crippen LogP contribution in [0.2, 0.25) is 0 Å². The molecule has 0 radical (unpaired) electrons. The highest BCUT2D eigenvalue weighted by molar-refractivity contribution is 5.86. The van der Waals surface area contributed by atoms with Crippen molar-refractivity contribution in [2.24, 2.45) is 0 Å². The molecule has 35 heavy (non-hydrogen) atoms. The fraction of sp³-hybridized carbons (Fsp3) is 0.400. The molecule has 10 nitrogen and oxygen atoms in total. The maximum atomic E-state index is 12.7. The first-order valence-corrected chi connectivity index (χ1v) is 12.3. The summed E-state index contributed by atoms with van der Waals surface area (Å²) < 4.78 is 0. The zero-order valence-corrected chi connectivity index (χ0v) is 19.6. The van der Waals surface area contributed by atoms with E-state index in [1.165, 1.54) is 36.0 Å². The maximum Gasteiger partial charge on any atom is 0.261 e. The first-order chi connectivity index (χ1) is 17.2. The molecule has 1 fully saturated rings. The quantitative estimate of drug-likeness (QED) is 0.460. The summed E-state index contributed by atoms with van der Waals surface area (Å²) in [5.74, 6) is 0.642. The number of H-pyrrole nitrogens is 1. The molecule has 0 aliphatic carbocycles. The van der Waals surface area contributed by atoms with E-state index in [9.17, 15) is 4.79 Å². The number of piperidine rings is 1. The summed E-state index contributed by atoms with van der Waals surface area (Å²) in [5.41, 5.74) is 4.33. The van der Waals surface area contributed by atoms with E-state index in [-0.39, 0.29) is 5.91 Å². The van der Waals surface area contributed by atoms with Gasteiger partial charge in [0.15, 0.2) is 0 Å². The Bertz CT molecular complexity index is 1380. The van der Waals surface area contributed by atoms with Gasteiger partial charge in [-0.3, -0.25) is 4.79 Å². The highest BCUT2D eigenvalue weighted by Crippen LogP contribution is 2.29. The van der Waals surface area contributed by atoms with E-state index in [1.54, 1.807) is 0 Å². The van der Waals surface area contributed by atoms with E-state index in [0.717, 1.165) is 54.7 Å². The normalized spacial score (nSPS) is 17.1. The number of carbonyl (C=O) groups is 1. The average molecular weight is 473 g/mol. The molecule has 6 rings (SSSR count). The van der Waals surface area contributed by atoms with Crippen LogP contribution in [0.15, 0.2) is 42.7 Å². The summed E-state index contributed by atoms with van der Waals surface area (Å²) in [6, 6.07) is 9.59. The minimum Gasteiger partial charge on any atom is -0.339 e. The van der Waals surface area contributed by atoms with Gasteiger partial charge in [0.1, 0.15) is 23.0 Å². The molecule has 0 saturated carbocycles. The summed E-state index contributed by atoms with van der Waals surface area (Å²) in [6.45, 7) is 4.47. The van der Waals surface area contributed by atoms with Crippen LogP contribution in [0.25, 0.3) is 27.6 Å². The molecule has 3 aromatic heterocycles.